The lowest BCUT2D eigenvalue weighted by Gasteiger charge is -2.12. The third kappa shape index (κ3) is 2.18. The van der Waals surface area contributed by atoms with Crippen LogP contribution in [0.4, 0.5) is 11.5 Å². The van der Waals surface area contributed by atoms with Gasteiger partial charge in [0.1, 0.15) is 11.5 Å². The number of rotatable bonds is 5. The summed E-state index contributed by atoms with van der Waals surface area (Å²) in [5.74, 6) is 2.56. The lowest BCUT2D eigenvalue weighted by atomic mass is 10.3. The summed E-state index contributed by atoms with van der Waals surface area (Å²) >= 11 is 0. The second-order valence-corrected chi connectivity index (χ2v) is 3.89. The molecule has 0 aliphatic heterocycles. The Hall–Kier alpha value is -1.52. The molecule has 0 spiro atoms. The van der Waals surface area contributed by atoms with Gasteiger partial charge in [0, 0.05) is 12.5 Å². The van der Waals surface area contributed by atoms with Gasteiger partial charge in [0.15, 0.2) is 5.82 Å². The van der Waals surface area contributed by atoms with E-state index >= 15 is 0 Å². The van der Waals surface area contributed by atoms with E-state index < -0.39 is 0 Å². The molecule has 1 aliphatic carbocycles. The SMILES string of the molecule is CCNc1nc(C2CC2)nc(OCC)c1N. The Morgan fingerprint density at radius 2 is 2.12 bits per heavy atom. The summed E-state index contributed by atoms with van der Waals surface area (Å²) in [4.78, 5) is 8.81. The Labute approximate surface area is 95.4 Å². The molecule has 1 aromatic heterocycles. The highest BCUT2D eigenvalue weighted by atomic mass is 16.5. The first-order chi connectivity index (χ1) is 7.76. The van der Waals surface area contributed by atoms with Crippen LogP contribution in [-0.4, -0.2) is 23.1 Å². The third-order valence-corrected chi connectivity index (χ3v) is 2.50. The Morgan fingerprint density at radius 1 is 1.38 bits per heavy atom. The largest absolute Gasteiger partial charge is 0.476 e. The van der Waals surface area contributed by atoms with E-state index in [4.69, 9.17) is 10.5 Å². The average molecular weight is 222 g/mol. The second kappa shape index (κ2) is 4.55. The highest BCUT2D eigenvalue weighted by molar-refractivity contribution is 5.67. The maximum atomic E-state index is 5.93. The number of anilines is 2. The van der Waals surface area contributed by atoms with Crippen molar-refractivity contribution in [1.29, 1.82) is 0 Å². The summed E-state index contributed by atoms with van der Waals surface area (Å²) in [5.41, 5.74) is 6.44. The van der Waals surface area contributed by atoms with Gasteiger partial charge in [-0.2, -0.15) is 4.98 Å². The van der Waals surface area contributed by atoms with Gasteiger partial charge in [-0.05, 0) is 26.7 Å². The molecule has 1 aromatic rings. The van der Waals surface area contributed by atoms with Gasteiger partial charge in [0.25, 0.3) is 0 Å². The fourth-order valence-corrected chi connectivity index (χ4v) is 1.54. The van der Waals surface area contributed by atoms with Gasteiger partial charge in [0.2, 0.25) is 5.88 Å². The Morgan fingerprint density at radius 3 is 2.69 bits per heavy atom. The van der Waals surface area contributed by atoms with Crippen molar-refractivity contribution in [1.82, 2.24) is 9.97 Å². The minimum absolute atomic E-state index is 0.497. The summed E-state index contributed by atoms with van der Waals surface area (Å²) in [6.07, 6.45) is 2.34. The molecule has 88 valence electrons. The van der Waals surface area contributed by atoms with Crippen LogP contribution in [0.15, 0.2) is 0 Å². The van der Waals surface area contributed by atoms with E-state index in [0.29, 0.717) is 29.9 Å². The number of hydrogen-bond acceptors (Lipinski definition) is 5. The average Bonchev–Trinajstić information content (AvgIpc) is 3.08. The first kappa shape index (κ1) is 11.0. The minimum atomic E-state index is 0.497. The first-order valence-electron chi connectivity index (χ1n) is 5.80. The molecule has 16 heavy (non-hydrogen) atoms. The number of nitrogen functional groups attached to an aromatic ring is 1. The molecule has 1 aliphatic rings. The standard InChI is InChI=1S/C11H18N4O/c1-3-13-10-8(12)11(16-4-2)15-9(14-10)7-5-6-7/h7H,3-6,12H2,1-2H3,(H,13,14,15). The van der Waals surface area contributed by atoms with Crippen LogP contribution in [0.25, 0.3) is 0 Å². The number of hydrogen-bond donors (Lipinski definition) is 2. The number of aromatic nitrogens is 2. The number of ether oxygens (including phenoxy) is 1. The maximum absolute atomic E-state index is 5.93. The van der Waals surface area contributed by atoms with Crippen LogP contribution in [-0.2, 0) is 0 Å². The zero-order valence-electron chi connectivity index (χ0n) is 9.79. The van der Waals surface area contributed by atoms with Crippen LogP contribution in [0.5, 0.6) is 5.88 Å². The summed E-state index contributed by atoms with van der Waals surface area (Å²) in [6, 6.07) is 0. The van der Waals surface area contributed by atoms with Crippen molar-refractivity contribution >= 4 is 11.5 Å². The molecular weight excluding hydrogens is 204 g/mol. The molecule has 3 N–H and O–H groups in total. The van der Waals surface area contributed by atoms with E-state index in [2.05, 4.69) is 15.3 Å². The Kier molecular flexibility index (Phi) is 3.12. The van der Waals surface area contributed by atoms with Crippen LogP contribution in [0.3, 0.4) is 0 Å². The Bertz CT molecular complexity index is 349. The normalized spacial score (nSPS) is 14.9. The third-order valence-electron chi connectivity index (χ3n) is 2.50. The van der Waals surface area contributed by atoms with Crippen molar-refractivity contribution < 1.29 is 4.74 Å². The van der Waals surface area contributed by atoms with Gasteiger partial charge in [-0.3, -0.25) is 0 Å². The zero-order valence-corrected chi connectivity index (χ0v) is 9.79. The quantitative estimate of drug-likeness (QED) is 0.794. The lowest BCUT2D eigenvalue weighted by Crippen LogP contribution is -2.10. The van der Waals surface area contributed by atoms with E-state index in [1.165, 1.54) is 12.8 Å². The summed E-state index contributed by atoms with van der Waals surface area (Å²) in [5, 5.41) is 3.14. The van der Waals surface area contributed by atoms with Crippen molar-refractivity contribution in [2.75, 3.05) is 24.2 Å². The number of nitrogens with one attached hydrogen (secondary N) is 1. The van der Waals surface area contributed by atoms with Crippen LogP contribution >= 0.6 is 0 Å². The molecular formula is C11H18N4O. The van der Waals surface area contributed by atoms with E-state index in [-0.39, 0.29) is 0 Å². The smallest absolute Gasteiger partial charge is 0.242 e. The molecule has 0 radical (unpaired) electrons. The Balaban J connectivity index is 2.34. The fraction of sp³-hybridized carbons (Fsp3) is 0.636. The highest BCUT2D eigenvalue weighted by Gasteiger charge is 2.28. The molecule has 5 nitrogen and oxygen atoms in total. The van der Waals surface area contributed by atoms with Crippen molar-refractivity contribution in [2.45, 2.75) is 32.6 Å². The minimum Gasteiger partial charge on any atom is -0.476 e. The first-order valence-corrected chi connectivity index (χ1v) is 5.80. The lowest BCUT2D eigenvalue weighted by molar-refractivity contribution is 0.327. The number of nitrogens with two attached hydrogens (primary N) is 1. The summed E-state index contributed by atoms with van der Waals surface area (Å²) in [6.45, 7) is 5.29. The van der Waals surface area contributed by atoms with Crippen LogP contribution in [0, 0.1) is 0 Å². The van der Waals surface area contributed by atoms with E-state index in [9.17, 15) is 0 Å². The van der Waals surface area contributed by atoms with Crippen molar-refractivity contribution in [3.05, 3.63) is 5.82 Å². The molecule has 5 heteroatoms. The second-order valence-electron chi connectivity index (χ2n) is 3.89. The summed E-state index contributed by atoms with van der Waals surface area (Å²) < 4.78 is 5.43. The van der Waals surface area contributed by atoms with Gasteiger partial charge in [0.05, 0.1) is 6.61 Å². The van der Waals surface area contributed by atoms with Crippen molar-refractivity contribution in [3.8, 4) is 5.88 Å². The molecule has 0 amide bonds. The summed E-state index contributed by atoms with van der Waals surface area (Å²) in [7, 11) is 0. The molecule has 0 saturated heterocycles. The van der Waals surface area contributed by atoms with E-state index in [1.54, 1.807) is 0 Å². The molecule has 1 fully saturated rings. The van der Waals surface area contributed by atoms with Crippen LogP contribution in [0.2, 0.25) is 0 Å². The zero-order chi connectivity index (χ0) is 11.5. The van der Waals surface area contributed by atoms with Gasteiger partial charge in [-0.15, -0.1) is 0 Å². The van der Waals surface area contributed by atoms with Gasteiger partial charge in [-0.1, -0.05) is 0 Å². The van der Waals surface area contributed by atoms with Gasteiger partial charge < -0.3 is 15.8 Å². The predicted octanol–water partition coefficient (Wildman–Crippen LogP) is 1.77. The fourth-order valence-electron chi connectivity index (χ4n) is 1.54. The monoisotopic (exact) mass is 222 g/mol. The van der Waals surface area contributed by atoms with Crippen LogP contribution in [0.1, 0.15) is 38.4 Å². The molecule has 0 bridgehead atoms. The molecule has 0 unspecified atom stereocenters. The molecule has 1 saturated carbocycles. The van der Waals surface area contributed by atoms with Crippen molar-refractivity contribution in [3.63, 3.8) is 0 Å². The highest BCUT2D eigenvalue weighted by Crippen LogP contribution is 2.40. The predicted molar refractivity (Wildman–Crippen MR) is 63.8 cm³/mol. The maximum Gasteiger partial charge on any atom is 0.242 e. The van der Waals surface area contributed by atoms with Gasteiger partial charge >= 0.3 is 0 Å². The molecule has 0 atom stereocenters. The number of nitrogens with zero attached hydrogens (tertiary/aromatic N) is 2. The molecule has 0 aromatic carbocycles. The van der Waals surface area contributed by atoms with Gasteiger partial charge in [-0.25, -0.2) is 4.98 Å². The topological polar surface area (TPSA) is 73.1 Å². The van der Waals surface area contributed by atoms with E-state index in [0.717, 1.165) is 12.4 Å². The van der Waals surface area contributed by atoms with Crippen molar-refractivity contribution in [2.24, 2.45) is 0 Å². The molecule has 1 heterocycles. The van der Waals surface area contributed by atoms with Crippen LogP contribution < -0.4 is 15.8 Å². The molecule has 2 rings (SSSR count). The van der Waals surface area contributed by atoms with E-state index in [1.807, 2.05) is 13.8 Å².